The van der Waals surface area contributed by atoms with Crippen molar-refractivity contribution in [2.75, 3.05) is 6.54 Å². The van der Waals surface area contributed by atoms with Crippen LogP contribution in [0.4, 0.5) is 0 Å². The van der Waals surface area contributed by atoms with Gasteiger partial charge < -0.3 is 15.2 Å². The number of aryl methyl sites for hydroxylation is 1. The first-order valence-electron chi connectivity index (χ1n) is 14.1. The summed E-state index contributed by atoms with van der Waals surface area (Å²) in [5.41, 5.74) is 3.77. The first-order valence-corrected chi connectivity index (χ1v) is 14.1. The van der Waals surface area contributed by atoms with Crippen LogP contribution in [0.1, 0.15) is 72.4 Å². The molecule has 3 aromatic rings. The van der Waals surface area contributed by atoms with Gasteiger partial charge in [0.2, 0.25) is 6.41 Å². The summed E-state index contributed by atoms with van der Waals surface area (Å²) in [7, 11) is 1.74. The highest BCUT2D eigenvalue weighted by Gasteiger charge is 2.37. The fourth-order valence-electron chi connectivity index (χ4n) is 5.52. The molecule has 9 nitrogen and oxygen atoms in total. The maximum Gasteiger partial charge on any atom is 0.330 e. The quantitative estimate of drug-likeness (QED) is 0.403. The Hall–Kier alpha value is -3.03. The Labute approximate surface area is 237 Å². The lowest BCUT2D eigenvalue weighted by atomic mass is 9.97. The van der Waals surface area contributed by atoms with Crippen LogP contribution in [-0.2, 0) is 24.9 Å². The van der Waals surface area contributed by atoms with Gasteiger partial charge in [-0.25, -0.2) is 14.7 Å². The highest BCUT2D eigenvalue weighted by atomic mass is 16.6. The molecule has 1 saturated heterocycles. The minimum absolute atomic E-state index is 0.0582. The number of rotatable bonds is 8. The molecule has 3 atom stereocenters. The third-order valence-corrected chi connectivity index (χ3v) is 7.37. The van der Waals surface area contributed by atoms with Gasteiger partial charge in [0.1, 0.15) is 0 Å². The normalized spacial score (nSPS) is 19.3. The summed E-state index contributed by atoms with van der Waals surface area (Å²) in [5, 5.41) is 24.1. The van der Waals surface area contributed by atoms with E-state index in [4.69, 9.17) is 9.72 Å². The highest BCUT2D eigenvalue weighted by molar-refractivity contribution is 5.78. The zero-order chi connectivity index (χ0) is 29.4. The fourth-order valence-corrected chi connectivity index (χ4v) is 5.52. The van der Waals surface area contributed by atoms with E-state index >= 15 is 0 Å². The van der Waals surface area contributed by atoms with Crippen LogP contribution < -0.4 is 11.0 Å². The molecular weight excluding hydrogens is 504 g/mol. The molecule has 3 heterocycles. The van der Waals surface area contributed by atoms with Gasteiger partial charge >= 0.3 is 5.69 Å². The Morgan fingerprint density at radius 2 is 1.90 bits per heavy atom. The maximum absolute atomic E-state index is 13.0. The minimum Gasteiger partial charge on any atom is -0.356 e. The highest BCUT2D eigenvalue weighted by Crippen LogP contribution is 2.29. The van der Waals surface area contributed by atoms with Crippen LogP contribution in [0.2, 0.25) is 0 Å². The van der Waals surface area contributed by atoms with Crippen LogP contribution in [0.15, 0.2) is 35.1 Å². The molecule has 0 aliphatic carbocycles. The molecule has 2 aromatic heterocycles. The van der Waals surface area contributed by atoms with Crippen molar-refractivity contribution in [2.24, 2.45) is 12.5 Å². The van der Waals surface area contributed by atoms with Crippen molar-refractivity contribution in [3.05, 3.63) is 51.9 Å². The third-order valence-electron chi connectivity index (χ3n) is 7.37. The van der Waals surface area contributed by atoms with Crippen molar-refractivity contribution in [3.63, 3.8) is 0 Å². The van der Waals surface area contributed by atoms with Crippen molar-refractivity contribution in [3.8, 4) is 17.3 Å². The Bertz CT molecular complexity index is 1450. The molecule has 9 heteroatoms. The first-order chi connectivity index (χ1) is 18.7. The van der Waals surface area contributed by atoms with Crippen LogP contribution in [0, 0.1) is 16.7 Å². The SMILES string of the molecule is CC1CCC(CNCc2ccc(C#N)c(-c3ccc4c(n3)n(C)c(=O)n4CC(C)(C)C)c2)N1C(O)OC(C)(C)C. The van der Waals surface area contributed by atoms with E-state index < -0.39 is 12.0 Å². The Morgan fingerprint density at radius 3 is 2.55 bits per heavy atom. The van der Waals surface area contributed by atoms with Crippen molar-refractivity contribution in [1.82, 2.24) is 24.3 Å². The second-order valence-corrected chi connectivity index (χ2v) is 13.2. The number of hydrogen-bond donors (Lipinski definition) is 2. The van der Waals surface area contributed by atoms with Crippen molar-refractivity contribution in [2.45, 2.75) is 98.5 Å². The molecule has 40 heavy (non-hydrogen) atoms. The Morgan fingerprint density at radius 1 is 1.18 bits per heavy atom. The third kappa shape index (κ3) is 6.64. The largest absolute Gasteiger partial charge is 0.356 e. The van der Waals surface area contributed by atoms with Gasteiger partial charge in [-0.05, 0) is 75.8 Å². The van der Waals surface area contributed by atoms with E-state index in [0.29, 0.717) is 36.5 Å². The van der Waals surface area contributed by atoms with Crippen molar-refractivity contribution < 1.29 is 9.84 Å². The number of nitrogens with one attached hydrogen (secondary N) is 1. The summed E-state index contributed by atoms with van der Waals surface area (Å²) in [6.07, 6.45) is 1.04. The van der Waals surface area contributed by atoms with Crippen LogP contribution in [-0.4, -0.2) is 54.8 Å². The lowest BCUT2D eigenvalue weighted by Gasteiger charge is -2.36. The van der Waals surface area contributed by atoms with Crippen LogP contribution in [0.25, 0.3) is 22.4 Å². The van der Waals surface area contributed by atoms with E-state index in [2.05, 4.69) is 44.0 Å². The van der Waals surface area contributed by atoms with Crippen LogP contribution in [0.5, 0.6) is 0 Å². The molecule has 0 amide bonds. The number of aliphatic hydroxyl groups excluding tert-OH is 1. The molecule has 216 valence electrons. The van der Waals surface area contributed by atoms with Gasteiger partial charge in [-0.2, -0.15) is 5.26 Å². The number of benzene rings is 1. The summed E-state index contributed by atoms with van der Waals surface area (Å²) in [6, 6.07) is 12.3. The number of nitrogens with zero attached hydrogens (tertiary/aromatic N) is 5. The van der Waals surface area contributed by atoms with Gasteiger partial charge in [0, 0.05) is 44.3 Å². The van der Waals surface area contributed by atoms with E-state index in [1.165, 1.54) is 0 Å². The van der Waals surface area contributed by atoms with E-state index in [1.807, 2.05) is 51.1 Å². The van der Waals surface area contributed by atoms with E-state index in [1.54, 1.807) is 16.2 Å². The molecule has 2 N–H and O–H groups in total. The minimum atomic E-state index is -0.943. The predicted octanol–water partition coefficient (Wildman–Crippen LogP) is 4.35. The number of likely N-dealkylation sites (tertiary alicyclic amines) is 1. The number of hydrogen-bond acceptors (Lipinski definition) is 7. The number of aromatic nitrogens is 3. The van der Waals surface area contributed by atoms with E-state index in [0.717, 1.165) is 29.5 Å². The van der Waals surface area contributed by atoms with E-state index in [9.17, 15) is 15.2 Å². The van der Waals surface area contributed by atoms with Gasteiger partial charge in [-0.15, -0.1) is 0 Å². The second kappa shape index (κ2) is 11.5. The molecule has 1 aromatic carbocycles. The zero-order valence-corrected chi connectivity index (χ0v) is 25.2. The topological polar surface area (TPSA) is 108 Å². The predicted molar refractivity (Wildman–Crippen MR) is 157 cm³/mol. The number of ether oxygens (including phenoxy) is 1. The standard InChI is InChI=1S/C31H44N6O3/c1-20-9-12-23(37(20)29(39)40-31(5,6)7)18-33-17-21-10-11-22(16-32)24(15-21)25-13-14-26-27(34-25)35(8)28(38)36(26)19-30(2,3)4/h10-11,13-15,20,23,29,33,39H,9,12,17-19H2,1-8H3. The smallest absolute Gasteiger partial charge is 0.330 e. The molecular formula is C31H44N6O3. The number of pyridine rings is 1. The van der Waals surface area contributed by atoms with Gasteiger partial charge in [-0.1, -0.05) is 26.8 Å². The molecule has 1 fully saturated rings. The average molecular weight is 549 g/mol. The zero-order valence-electron chi connectivity index (χ0n) is 25.2. The molecule has 0 radical (unpaired) electrons. The van der Waals surface area contributed by atoms with E-state index in [-0.39, 0.29) is 23.2 Å². The summed E-state index contributed by atoms with van der Waals surface area (Å²) in [4.78, 5) is 19.9. The van der Waals surface area contributed by atoms with Crippen LogP contribution >= 0.6 is 0 Å². The second-order valence-electron chi connectivity index (χ2n) is 13.2. The van der Waals surface area contributed by atoms with Gasteiger partial charge in [0.05, 0.1) is 28.4 Å². The monoisotopic (exact) mass is 548 g/mol. The molecule has 1 aliphatic rings. The lowest BCUT2D eigenvalue weighted by molar-refractivity contribution is -0.249. The van der Waals surface area contributed by atoms with Gasteiger partial charge in [0.25, 0.3) is 0 Å². The van der Waals surface area contributed by atoms with Crippen LogP contribution in [0.3, 0.4) is 0 Å². The summed E-state index contributed by atoms with van der Waals surface area (Å²) in [5.74, 6) is 0. The van der Waals surface area contributed by atoms with Crippen molar-refractivity contribution >= 4 is 11.2 Å². The Kier molecular flexibility index (Phi) is 8.57. The number of nitriles is 1. The molecule has 0 bridgehead atoms. The summed E-state index contributed by atoms with van der Waals surface area (Å²) in [6.45, 7) is 16.2. The number of fused-ring (bicyclic) bond motifs is 1. The summed E-state index contributed by atoms with van der Waals surface area (Å²) >= 11 is 0. The van der Waals surface area contributed by atoms with Crippen molar-refractivity contribution in [1.29, 1.82) is 5.26 Å². The number of aliphatic hydroxyl groups is 1. The first kappa shape index (κ1) is 29.9. The molecule has 1 aliphatic heterocycles. The summed E-state index contributed by atoms with van der Waals surface area (Å²) < 4.78 is 9.19. The fraction of sp³-hybridized carbons (Fsp3) is 0.581. The molecule has 4 rings (SSSR count). The van der Waals surface area contributed by atoms with Gasteiger partial charge in [0.15, 0.2) is 5.65 Å². The molecule has 3 unspecified atom stereocenters. The molecule has 0 saturated carbocycles. The average Bonchev–Trinajstić information content (AvgIpc) is 3.34. The number of imidazole rings is 1. The Balaban J connectivity index is 1.53. The maximum atomic E-state index is 13.0. The lowest BCUT2D eigenvalue weighted by Crippen LogP contribution is -2.50. The molecule has 0 spiro atoms. The van der Waals surface area contributed by atoms with Gasteiger partial charge in [-0.3, -0.25) is 9.13 Å².